The molecule has 0 saturated heterocycles. The van der Waals surface area contributed by atoms with Gasteiger partial charge in [-0.3, -0.25) is 9.59 Å². The van der Waals surface area contributed by atoms with Gasteiger partial charge >= 0.3 is 0 Å². The van der Waals surface area contributed by atoms with Crippen molar-refractivity contribution in [3.63, 3.8) is 0 Å². The Kier molecular flexibility index (Phi) is 5.58. The first-order valence-corrected chi connectivity index (χ1v) is 10.1. The van der Waals surface area contributed by atoms with Gasteiger partial charge < -0.3 is 14.6 Å². The number of para-hydroxylation sites is 1. The molecule has 1 amide bonds. The van der Waals surface area contributed by atoms with Crippen molar-refractivity contribution < 1.29 is 9.53 Å². The molecule has 5 nitrogen and oxygen atoms in total. The van der Waals surface area contributed by atoms with Crippen molar-refractivity contribution in [2.45, 2.75) is 20.4 Å². The van der Waals surface area contributed by atoms with Gasteiger partial charge in [-0.25, -0.2) is 0 Å². The number of amides is 1. The molecule has 3 aromatic carbocycles. The minimum absolute atomic E-state index is 0.138. The summed E-state index contributed by atoms with van der Waals surface area (Å²) in [4.78, 5) is 31.1. The second-order valence-corrected chi connectivity index (χ2v) is 7.57. The third kappa shape index (κ3) is 4.08. The Balaban J connectivity index is 1.82. The summed E-state index contributed by atoms with van der Waals surface area (Å²) in [6.45, 7) is 4.00. The Bertz CT molecular complexity index is 1320. The van der Waals surface area contributed by atoms with Crippen molar-refractivity contribution in [1.29, 1.82) is 0 Å². The maximum absolute atomic E-state index is 13.6. The number of methoxy groups -OCH3 is 1. The summed E-state index contributed by atoms with van der Waals surface area (Å²) in [5.41, 5.74) is 4.27. The molecule has 0 aliphatic rings. The molecular formula is C26H24N2O3. The Hall–Kier alpha value is -3.86. The summed E-state index contributed by atoms with van der Waals surface area (Å²) < 4.78 is 5.35. The van der Waals surface area contributed by atoms with Gasteiger partial charge in [-0.1, -0.05) is 42.5 Å². The average Bonchev–Trinajstić information content (AvgIpc) is 2.78. The SMILES string of the molecule is COc1cccc(N(Cc2cc3cccc(C)c3[nH]c2=O)C(=O)c2ccccc2C)c1. The van der Waals surface area contributed by atoms with E-state index in [0.717, 1.165) is 22.0 Å². The van der Waals surface area contributed by atoms with Gasteiger partial charge in [0.1, 0.15) is 5.75 Å². The van der Waals surface area contributed by atoms with E-state index in [9.17, 15) is 9.59 Å². The Morgan fingerprint density at radius 3 is 2.45 bits per heavy atom. The monoisotopic (exact) mass is 412 g/mol. The van der Waals surface area contributed by atoms with Crippen LogP contribution in [0.4, 0.5) is 5.69 Å². The van der Waals surface area contributed by atoms with Crippen LogP contribution in [-0.4, -0.2) is 18.0 Å². The lowest BCUT2D eigenvalue weighted by atomic mass is 10.1. The Morgan fingerprint density at radius 2 is 1.68 bits per heavy atom. The molecule has 31 heavy (non-hydrogen) atoms. The van der Waals surface area contributed by atoms with Crippen LogP contribution in [0.25, 0.3) is 10.9 Å². The van der Waals surface area contributed by atoms with Crippen LogP contribution in [0.5, 0.6) is 5.75 Å². The number of aryl methyl sites for hydroxylation is 2. The summed E-state index contributed by atoms with van der Waals surface area (Å²) in [7, 11) is 1.59. The lowest BCUT2D eigenvalue weighted by molar-refractivity contribution is 0.0984. The molecule has 0 atom stereocenters. The topological polar surface area (TPSA) is 62.4 Å². The minimum Gasteiger partial charge on any atom is -0.497 e. The van der Waals surface area contributed by atoms with Crippen LogP contribution in [0.3, 0.4) is 0 Å². The van der Waals surface area contributed by atoms with Gasteiger partial charge in [0, 0.05) is 22.9 Å². The highest BCUT2D eigenvalue weighted by Gasteiger charge is 2.21. The van der Waals surface area contributed by atoms with Gasteiger partial charge in [-0.15, -0.1) is 0 Å². The molecule has 5 heteroatoms. The van der Waals surface area contributed by atoms with Gasteiger partial charge in [0.05, 0.1) is 19.2 Å². The second-order valence-electron chi connectivity index (χ2n) is 7.57. The zero-order valence-electron chi connectivity index (χ0n) is 17.8. The minimum atomic E-state index is -0.202. The summed E-state index contributed by atoms with van der Waals surface area (Å²) >= 11 is 0. The van der Waals surface area contributed by atoms with Crippen LogP contribution in [0.15, 0.2) is 77.6 Å². The number of ether oxygens (including phenoxy) is 1. The fraction of sp³-hybridized carbons (Fsp3) is 0.154. The zero-order valence-corrected chi connectivity index (χ0v) is 17.8. The zero-order chi connectivity index (χ0) is 22.0. The first-order chi connectivity index (χ1) is 15.0. The van der Waals surface area contributed by atoms with E-state index in [1.807, 2.05) is 74.5 Å². The highest BCUT2D eigenvalue weighted by molar-refractivity contribution is 6.07. The molecule has 4 aromatic rings. The first kappa shape index (κ1) is 20.4. The number of hydrogen-bond acceptors (Lipinski definition) is 3. The number of nitrogens with zero attached hydrogens (tertiary/aromatic N) is 1. The van der Waals surface area contributed by atoms with Crippen molar-refractivity contribution in [2.24, 2.45) is 0 Å². The van der Waals surface area contributed by atoms with E-state index in [1.165, 1.54) is 0 Å². The molecule has 1 aromatic heterocycles. The van der Waals surface area contributed by atoms with Crippen LogP contribution < -0.4 is 15.2 Å². The number of benzene rings is 3. The van der Waals surface area contributed by atoms with E-state index in [1.54, 1.807) is 24.1 Å². The number of hydrogen-bond donors (Lipinski definition) is 1. The van der Waals surface area contributed by atoms with Crippen LogP contribution in [-0.2, 0) is 6.54 Å². The van der Waals surface area contributed by atoms with Crippen LogP contribution in [0, 0.1) is 13.8 Å². The number of carbonyl (C=O) groups is 1. The average molecular weight is 412 g/mol. The van der Waals surface area contributed by atoms with Crippen LogP contribution in [0.1, 0.15) is 27.0 Å². The number of carbonyl (C=O) groups excluding carboxylic acids is 1. The molecule has 1 heterocycles. The summed E-state index contributed by atoms with van der Waals surface area (Å²) in [5, 5.41) is 0.934. The van der Waals surface area contributed by atoms with Gasteiger partial charge in [-0.2, -0.15) is 0 Å². The molecule has 0 aliphatic heterocycles. The number of aromatic amines is 1. The van der Waals surface area contributed by atoms with E-state index in [2.05, 4.69) is 4.98 Å². The first-order valence-electron chi connectivity index (χ1n) is 10.1. The molecule has 0 spiro atoms. The van der Waals surface area contributed by atoms with Crippen LogP contribution >= 0.6 is 0 Å². The molecule has 0 radical (unpaired) electrons. The molecule has 1 N–H and O–H groups in total. The number of pyridine rings is 1. The van der Waals surface area contributed by atoms with Gasteiger partial charge in [-0.05, 0) is 54.6 Å². The third-order valence-electron chi connectivity index (χ3n) is 5.48. The predicted octanol–water partition coefficient (Wildman–Crippen LogP) is 5.00. The standard InChI is InChI=1S/C26H24N2O3/c1-17-8-4-5-13-23(17)26(30)28(21-11-7-12-22(15-21)31-3)16-20-14-19-10-6-9-18(2)24(19)27-25(20)29/h4-15H,16H2,1-3H3,(H,27,29). The third-order valence-corrected chi connectivity index (χ3v) is 5.48. The summed E-state index contributed by atoms with van der Waals surface area (Å²) in [5.74, 6) is 0.471. The second kappa shape index (κ2) is 8.48. The number of fused-ring (bicyclic) bond motifs is 1. The fourth-order valence-electron chi connectivity index (χ4n) is 3.73. The van der Waals surface area contributed by atoms with Crippen molar-refractivity contribution in [3.8, 4) is 5.75 Å². The van der Waals surface area contributed by atoms with Crippen molar-refractivity contribution in [2.75, 3.05) is 12.0 Å². The highest BCUT2D eigenvalue weighted by atomic mass is 16.5. The number of rotatable bonds is 5. The highest BCUT2D eigenvalue weighted by Crippen LogP contribution is 2.26. The molecule has 0 unspecified atom stereocenters. The molecule has 0 bridgehead atoms. The number of nitrogens with one attached hydrogen (secondary N) is 1. The lowest BCUT2D eigenvalue weighted by Crippen LogP contribution is -2.33. The Labute approximate surface area is 180 Å². The molecule has 0 fully saturated rings. The number of aromatic nitrogens is 1. The van der Waals surface area contributed by atoms with E-state index in [0.29, 0.717) is 22.6 Å². The molecule has 156 valence electrons. The predicted molar refractivity (Wildman–Crippen MR) is 124 cm³/mol. The van der Waals surface area contributed by atoms with E-state index < -0.39 is 0 Å². The van der Waals surface area contributed by atoms with Gasteiger partial charge in [0.25, 0.3) is 11.5 Å². The largest absolute Gasteiger partial charge is 0.497 e. The van der Waals surface area contributed by atoms with Gasteiger partial charge in [0.15, 0.2) is 0 Å². The molecule has 4 rings (SSSR count). The van der Waals surface area contributed by atoms with Crippen molar-refractivity contribution in [3.05, 3.63) is 105 Å². The summed E-state index contributed by atoms with van der Waals surface area (Å²) in [6, 6.07) is 22.5. The maximum Gasteiger partial charge on any atom is 0.258 e. The normalized spacial score (nSPS) is 10.8. The summed E-state index contributed by atoms with van der Waals surface area (Å²) in [6.07, 6.45) is 0. The molecule has 0 saturated carbocycles. The Morgan fingerprint density at radius 1 is 0.935 bits per heavy atom. The van der Waals surface area contributed by atoms with E-state index in [-0.39, 0.29) is 18.0 Å². The number of anilines is 1. The number of H-pyrrole nitrogens is 1. The van der Waals surface area contributed by atoms with E-state index in [4.69, 9.17) is 4.74 Å². The van der Waals surface area contributed by atoms with Gasteiger partial charge in [0.2, 0.25) is 0 Å². The fourth-order valence-corrected chi connectivity index (χ4v) is 3.73. The quantitative estimate of drug-likeness (QED) is 0.502. The molecular weight excluding hydrogens is 388 g/mol. The molecule has 0 aliphatic carbocycles. The van der Waals surface area contributed by atoms with Crippen molar-refractivity contribution >= 4 is 22.5 Å². The van der Waals surface area contributed by atoms with Crippen molar-refractivity contribution in [1.82, 2.24) is 4.98 Å². The van der Waals surface area contributed by atoms with Crippen LogP contribution in [0.2, 0.25) is 0 Å². The lowest BCUT2D eigenvalue weighted by Gasteiger charge is -2.24. The smallest absolute Gasteiger partial charge is 0.258 e. The van der Waals surface area contributed by atoms with E-state index >= 15 is 0 Å². The maximum atomic E-state index is 13.6.